The van der Waals surface area contributed by atoms with E-state index in [4.69, 9.17) is 9.47 Å². The van der Waals surface area contributed by atoms with E-state index in [1.54, 1.807) is 24.3 Å². The molecule has 0 atom stereocenters. The van der Waals surface area contributed by atoms with E-state index in [9.17, 15) is 9.90 Å². The Balaban J connectivity index is 1.53. The molecule has 4 heteroatoms. The van der Waals surface area contributed by atoms with Crippen LogP contribution in [0.1, 0.15) is 16.7 Å². The van der Waals surface area contributed by atoms with Crippen molar-refractivity contribution in [2.75, 3.05) is 7.11 Å². The third-order valence-electron chi connectivity index (χ3n) is 4.21. The minimum Gasteiger partial charge on any atom is -0.504 e. The van der Waals surface area contributed by atoms with Crippen LogP contribution < -0.4 is 9.47 Å². The fourth-order valence-electron chi connectivity index (χ4n) is 2.70. The fraction of sp³-hybridized carbons (Fsp3) is 0.125. The van der Waals surface area contributed by atoms with Gasteiger partial charge in [-0.25, -0.2) is 0 Å². The van der Waals surface area contributed by atoms with E-state index in [-0.39, 0.29) is 11.5 Å². The van der Waals surface area contributed by atoms with Crippen LogP contribution in [0.25, 0.3) is 6.08 Å². The van der Waals surface area contributed by atoms with Crippen LogP contribution in [-0.4, -0.2) is 18.0 Å². The summed E-state index contributed by atoms with van der Waals surface area (Å²) in [6.07, 6.45) is 3.50. The van der Waals surface area contributed by atoms with Gasteiger partial charge in [-0.3, -0.25) is 4.79 Å². The van der Waals surface area contributed by atoms with Crippen LogP contribution in [0.5, 0.6) is 17.2 Å². The lowest BCUT2D eigenvalue weighted by atomic mass is 10.1. The Morgan fingerprint density at radius 1 is 0.964 bits per heavy atom. The van der Waals surface area contributed by atoms with Crippen molar-refractivity contribution >= 4 is 11.9 Å². The summed E-state index contributed by atoms with van der Waals surface area (Å²) in [4.78, 5) is 12.2. The molecule has 0 aliphatic rings. The van der Waals surface area contributed by atoms with Crippen LogP contribution in [-0.2, 0) is 17.8 Å². The molecular weight excluding hydrogens is 352 g/mol. The molecule has 0 aliphatic heterocycles. The third kappa shape index (κ3) is 5.48. The van der Waals surface area contributed by atoms with Crippen molar-refractivity contribution in [2.45, 2.75) is 13.0 Å². The van der Waals surface area contributed by atoms with Gasteiger partial charge in [0.05, 0.1) is 7.11 Å². The largest absolute Gasteiger partial charge is 0.504 e. The molecule has 0 aliphatic carbocycles. The predicted octanol–water partition coefficient (Wildman–Crippen LogP) is 4.80. The number of carbonyl (C=O) groups is 1. The first-order valence-corrected chi connectivity index (χ1v) is 8.97. The second-order valence-corrected chi connectivity index (χ2v) is 6.33. The number of methoxy groups -OCH3 is 1. The zero-order valence-corrected chi connectivity index (χ0v) is 15.7. The highest BCUT2D eigenvalue weighted by molar-refractivity contribution is 5.95. The second kappa shape index (κ2) is 9.42. The Morgan fingerprint density at radius 2 is 1.71 bits per heavy atom. The summed E-state index contributed by atoms with van der Waals surface area (Å²) < 4.78 is 10.8. The van der Waals surface area contributed by atoms with E-state index >= 15 is 0 Å². The number of hydrogen-bond donors (Lipinski definition) is 1. The topological polar surface area (TPSA) is 55.8 Å². The lowest BCUT2D eigenvalue weighted by Crippen LogP contribution is -1.99. The van der Waals surface area contributed by atoms with E-state index in [1.807, 2.05) is 54.6 Å². The summed E-state index contributed by atoms with van der Waals surface area (Å²) in [5, 5.41) is 9.78. The molecule has 0 saturated carbocycles. The number of allylic oxidation sites excluding steroid dienone is 1. The molecule has 0 aromatic heterocycles. The first-order valence-electron chi connectivity index (χ1n) is 8.97. The van der Waals surface area contributed by atoms with Gasteiger partial charge in [0.2, 0.25) is 0 Å². The normalized spacial score (nSPS) is 10.8. The number of ketones is 1. The van der Waals surface area contributed by atoms with Gasteiger partial charge in [-0.1, -0.05) is 54.6 Å². The van der Waals surface area contributed by atoms with Crippen LogP contribution in [0.2, 0.25) is 0 Å². The van der Waals surface area contributed by atoms with Crippen molar-refractivity contribution in [1.29, 1.82) is 0 Å². The highest BCUT2D eigenvalue weighted by Crippen LogP contribution is 2.26. The molecular formula is C24H22O4. The maximum absolute atomic E-state index is 12.2. The fourth-order valence-corrected chi connectivity index (χ4v) is 2.70. The molecule has 0 amide bonds. The van der Waals surface area contributed by atoms with Crippen LogP contribution >= 0.6 is 0 Å². The Morgan fingerprint density at radius 3 is 2.39 bits per heavy atom. The van der Waals surface area contributed by atoms with Crippen molar-refractivity contribution in [3.8, 4) is 17.2 Å². The Hall–Kier alpha value is -3.53. The monoisotopic (exact) mass is 374 g/mol. The van der Waals surface area contributed by atoms with Crippen molar-refractivity contribution in [3.63, 3.8) is 0 Å². The van der Waals surface area contributed by atoms with E-state index in [0.717, 1.165) is 22.4 Å². The van der Waals surface area contributed by atoms with Gasteiger partial charge in [-0.05, 0) is 47.0 Å². The molecule has 3 rings (SSSR count). The van der Waals surface area contributed by atoms with Crippen molar-refractivity contribution in [1.82, 2.24) is 0 Å². The van der Waals surface area contributed by atoms with Gasteiger partial charge in [-0.15, -0.1) is 0 Å². The zero-order chi connectivity index (χ0) is 19.8. The number of ether oxygens (including phenoxy) is 2. The minimum absolute atomic E-state index is 0.0201. The number of carbonyl (C=O) groups excluding carboxylic acids is 1. The molecule has 0 heterocycles. The van der Waals surface area contributed by atoms with Crippen LogP contribution in [0, 0.1) is 0 Å². The summed E-state index contributed by atoms with van der Waals surface area (Å²) >= 11 is 0. The number of benzene rings is 3. The number of hydrogen-bond acceptors (Lipinski definition) is 4. The van der Waals surface area contributed by atoms with E-state index in [2.05, 4.69) is 0 Å². The molecule has 4 nitrogen and oxygen atoms in total. The second-order valence-electron chi connectivity index (χ2n) is 6.33. The van der Waals surface area contributed by atoms with Crippen molar-refractivity contribution in [2.24, 2.45) is 0 Å². The first-order chi connectivity index (χ1) is 13.6. The molecule has 142 valence electrons. The van der Waals surface area contributed by atoms with Gasteiger partial charge in [0.15, 0.2) is 17.3 Å². The van der Waals surface area contributed by atoms with Crippen molar-refractivity contribution in [3.05, 3.63) is 95.6 Å². The Kier molecular flexibility index (Phi) is 6.47. The summed E-state index contributed by atoms with van der Waals surface area (Å²) in [7, 11) is 1.49. The van der Waals surface area contributed by atoms with Gasteiger partial charge in [-0.2, -0.15) is 0 Å². The molecule has 3 aromatic rings. The maximum Gasteiger partial charge on any atom is 0.160 e. The Bertz CT molecular complexity index is 944. The summed E-state index contributed by atoms with van der Waals surface area (Å²) in [6.45, 7) is 0.510. The standard InChI is InChI=1S/C24H22O4/c1-27-24-14-10-19(16-23(24)26)7-11-21(25)15-18-8-12-22(13-9-18)28-17-20-5-3-2-4-6-20/h2-14,16,26H,15,17H2,1H3/b11-7+. The van der Waals surface area contributed by atoms with Crippen LogP contribution in [0.3, 0.4) is 0 Å². The molecule has 0 saturated heterocycles. The SMILES string of the molecule is COc1ccc(/C=C/C(=O)Cc2ccc(OCc3ccccc3)cc2)cc1O. The molecule has 0 fully saturated rings. The lowest BCUT2D eigenvalue weighted by molar-refractivity contribution is -0.113. The molecule has 0 spiro atoms. The van der Waals surface area contributed by atoms with Gasteiger partial charge in [0.25, 0.3) is 0 Å². The number of rotatable bonds is 8. The summed E-state index contributed by atoms with van der Waals surface area (Å²) in [5.41, 5.74) is 2.76. The highest BCUT2D eigenvalue weighted by Gasteiger charge is 2.03. The third-order valence-corrected chi connectivity index (χ3v) is 4.21. The van der Waals surface area contributed by atoms with E-state index < -0.39 is 0 Å². The molecule has 1 N–H and O–H groups in total. The number of aromatic hydroxyl groups is 1. The molecule has 28 heavy (non-hydrogen) atoms. The predicted molar refractivity (Wildman–Crippen MR) is 110 cm³/mol. The number of phenolic OH excluding ortho intramolecular Hbond substituents is 1. The number of phenols is 1. The molecule has 0 radical (unpaired) electrons. The van der Waals surface area contributed by atoms with E-state index in [1.165, 1.54) is 13.2 Å². The van der Waals surface area contributed by atoms with Crippen LogP contribution in [0.15, 0.2) is 78.9 Å². The van der Waals surface area contributed by atoms with Crippen molar-refractivity contribution < 1.29 is 19.4 Å². The van der Waals surface area contributed by atoms with Gasteiger partial charge in [0.1, 0.15) is 12.4 Å². The average Bonchev–Trinajstić information content (AvgIpc) is 2.72. The van der Waals surface area contributed by atoms with Crippen LogP contribution in [0.4, 0.5) is 0 Å². The minimum atomic E-state index is -0.0201. The first kappa shape index (κ1) is 19.2. The van der Waals surface area contributed by atoms with Gasteiger partial charge >= 0.3 is 0 Å². The smallest absolute Gasteiger partial charge is 0.160 e. The van der Waals surface area contributed by atoms with Gasteiger partial charge in [0, 0.05) is 6.42 Å². The quantitative estimate of drug-likeness (QED) is 0.575. The van der Waals surface area contributed by atoms with Gasteiger partial charge < -0.3 is 14.6 Å². The zero-order valence-electron chi connectivity index (χ0n) is 15.7. The summed E-state index contributed by atoms with van der Waals surface area (Å²) in [6, 6.07) is 22.5. The molecule has 0 unspecified atom stereocenters. The Labute approximate surface area is 164 Å². The lowest BCUT2D eigenvalue weighted by Gasteiger charge is -2.07. The molecule has 0 bridgehead atoms. The molecule has 3 aromatic carbocycles. The van der Waals surface area contributed by atoms with E-state index in [0.29, 0.717) is 18.8 Å². The maximum atomic E-state index is 12.2. The summed E-state index contributed by atoms with van der Waals surface area (Å²) in [5.74, 6) is 1.19. The highest BCUT2D eigenvalue weighted by atomic mass is 16.5. The average molecular weight is 374 g/mol.